The minimum absolute atomic E-state index is 0.150. The number of benzene rings is 1. The summed E-state index contributed by atoms with van der Waals surface area (Å²) in [4.78, 5) is 5.08. The smallest absolute Gasteiger partial charge is 0.0636 e. The third-order valence-electron chi connectivity index (χ3n) is 4.04. The van der Waals surface area contributed by atoms with Crippen molar-refractivity contribution in [2.45, 2.75) is 45.2 Å². The van der Waals surface area contributed by atoms with Gasteiger partial charge >= 0.3 is 0 Å². The van der Waals surface area contributed by atoms with Crippen molar-refractivity contribution in [2.24, 2.45) is 5.73 Å². The maximum atomic E-state index is 6.21. The van der Waals surface area contributed by atoms with Gasteiger partial charge in [0.25, 0.3) is 0 Å². The Balaban J connectivity index is 1.96. The van der Waals surface area contributed by atoms with Crippen LogP contribution in [0.1, 0.15) is 32.3 Å². The van der Waals surface area contributed by atoms with Gasteiger partial charge in [0.2, 0.25) is 0 Å². The first-order valence-electron chi connectivity index (χ1n) is 7.36. The summed E-state index contributed by atoms with van der Waals surface area (Å²) in [5, 5.41) is 0. The van der Waals surface area contributed by atoms with Crippen LogP contribution in [0.5, 0.6) is 0 Å². The average molecular weight is 259 g/mol. The van der Waals surface area contributed by atoms with Crippen molar-refractivity contribution in [3.05, 3.63) is 23.8 Å². The molecule has 0 aromatic heterocycles. The molecule has 3 rings (SSSR count). The minimum atomic E-state index is -0.150. The van der Waals surface area contributed by atoms with E-state index in [9.17, 15) is 0 Å². The van der Waals surface area contributed by atoms with E-state index in [0.29, 0.717) is 0 Å². The van der Waals surface area contributed by atoms with Crippen LogP contribution in [0.4, 0.5) is 11.4 Å². The molecule has 0 amide bonds. The summed E-state index contributed by atoms with van der Waals surface area (Å²) in [5.41, 5.74) is 10.3. The molecule has 0 spiro atoms. The molecule has 104 valence electrons. The topological polar surface area (TPSA) is 32.5 Å². The molecule has 1 heterocycles. The summed E-state index contributed by atoms with van der Waals surface area (Å²) in [6.45, 7) is 9.59. The van der Waals surface area contributed by atoms with Gasteiger partial charge in [-0.3, -0.25) is 0 Å². The van der Waals surface area contributed by atoms with Crippen molar-refractivity contribution in [2.75, 3.05) is 29.4 Å². The Bertz CT molecular complexity index is 471. The Morgan fingerprint density at radius 3 is 2.63 bits per heavy atom. The van der Waals surface area contributed by atoms with Crippen molar-refractivity contribution in [1.29, 1.82) is 0 Å². The molecular formula is C16H25N3. The molecular weight excluding hydrogens is 234 g/mol. The third-order valence-corrected chi connectivity index (χ3v) is 4.04. The van der Waals surface area contributed by atoms with Gasteiger partial charge in [-0.15, -0.1) is 0 Å². The van der Waals surface area contributed by atoms with Gasteiger partial charge in [0, 0.05) is 31.2 Å². The number of para-hydroxylation sites is 1. The van der Waals surface area contributed by atoms with E-state index in [0.717, 1.165) is 25.7 Å². The van der Waals surface area contributed by atoms with Gasteiger partial charge < -0.3 is 15.5 Å². The number of anilines is 2. The number of nitrogens with two attached hydrogens (primary N) is 1. The molecule has 3 heteroatoms. The molecule has 2 aliphatic rings. The van der Waals surface area contributed by atoms with Gasteiger partial charge in [-0.2, -0.15) is 0 Å². The highest BCUT2D eigenvalue weighted by Crippen LogP contribution is 2.42. The lowest BCUT2D eigenvalue weighted by Crippen LogP contribution is -2.50. The van der Waals surface area contributed by atoms with E-state index in [4.69, 9.17) is 5.73 Å². The molecule has 1 aromatic carbocycles. The van der Waals surface area contributed by atoms with Crippen LogP contribution in [0, 0.1) is 6.92 Å². The maximum Gasteiger partial charge on any atom is 0.0636 e. The Hall–Kier alpha value is -1.22. The first kappa shape index (κ1) is 12.8. The van der Waals surface area contributed by atoms with Crippen molar-refractivity contribution in [3.63, 3.8) is 0 Å². The van der Waals surface area contributed by atoms with E-state index in [-0.39, 0.29) is 5.54 Å². The van der Waals surface area contributed by atoms with Crippen LogP contribution in [0.15, 0.2) is 18.2 Å². The average Bonchev–Trinajstić information content (AvgIpc) is 3.12. The number of fused-ring (bicyclic) bond motifs is 1. The fourth-order valence-electron chi connectivity index (χ4n) is 3.14. The maximum absolute atomic E-state index is 6.21. The quantitative estimate of drug-likeness (QED) is 0.905. The van der Waals surface area contributed by atoms with E-state index in [1.165, 1.54) is 29.8 Å². The normalized spacial score (nSPS) is 19.6. The zero-order valence-electron chi connectivity index (χ0n) is 12.3. The molecule has 0 bridgehead atoms. The lowest BCUT2D eigenvalue weighted by Gasteiger charge is -2.42. The van der Waals surface area contributed by atoms with Gasteiger partial charge in [0.15, 0.2) is 0 Å². The molecule has 2 N–H and O–H groups in total. The van der Waals surface area contributed by atoms with Crippen molar-refractivity contribution in [3.8, 4) is 0 Å². The number of nitrogens with zero attached hydrogens (tertiary/aromatic N) is 2. The fourth-order valence-corrected chi connectivity index (χ4v) is 3.14. The highest BCUT2D eigenvalue weighted by Gasteiger charge is 2.35. The second-order valence-corrected chi connectivity index (χ2v) is 6.78. The largest absolute Gasteiger partial charge is 0.366 e. The zero-order chi connectivity index (χ0) is 13.6. The standard InChI is InChI=1S/C16H25N3/c1-12-5-4-6-14-15(12)19(13-7-8-13)10-9-18(14)11-16(2,3)17/h4-6,13H,7-11,17H2,1-3H3. The van der Waals surface area contributed by atoms with Crippen LogP contribution in [0.3, 0.4) is 0 Å². The second-order valence-electron chi connectivity index (χ2n) is 6.78. The number of hydrogen-bond donors (Lipinski definition) is 1. The molecule has 0 radical (unpaired) electrons. The molecule has 0 saturated heterocycles. The molecule has 3 nitrogen and oxygen atoms in total. The van der Waals surface area contributed by atoms with Crippen LogP contribution in [0.25, 0.3) is 0 Å². The predicted molar refractivity (Wildman–Crippen MR) is 82.0 cm³/mol. The first-order chi connectivity index (χ1) is 8.96. The van der Waals surface area contributed by atoms with Gasteiger partial charge in [-0.05, 0) is 45.2 Å². The van der Waals surface area contributed by atoms with Gasteiger partial charge in [0.05, 0.1) is 11.4 Å². The lowest BCUT2D eigenvalue weighted by molar-refractivity contribution is 0.499. The van der Waals surface area contributed by atoms with Crippen LogP contribution < -0.4 is 15.5 Å². The third kappa shape index (κ3) is 2.57. The Morgan fingerprint density at radius 2 is 2.00 bits per heavy atom. The van der Waals surface area contributed by atoms with Crippen LogP contribution in [-0.4, -0.2) is 31.2 Å². The van der Waals surface area contributed by atoms with E-state index < -0.39 is 0 Å². The molecule has 1 aliphatic heterocycles. The number of hydrogen-bond acceptors (Lipinski definition) is 3. The van der Waals surface area contributed by atoms with Crippen LogP contribution in [0.2, 0.25) is 0 Å². The number of aryl methyl sites for hydroxylation is 1. The molecule has 0 atom stereocenters. The Morgan fingerprint density at radius 1 is 1.26 bits per heavy atom. The van der Waals surface area contributed by atoms with Crippen LogP contribution in [-0.2, 0) is 0 Å². The van der Waals surface area contributed by atoms with E-state index in [1.807, 2.05) is 0 Å². The van der Waals surface area contributed by atoms with E-state index in [1.54, 1.807) is 0 Å². The molecule has 1 saturated carbocycles. The van der Waals surface area contributed by atoms with Gasteiger partial charge in [-0.25, -0.2) is 0 Å². The molecule has 1 fully saturated rings. The fraction of sp³-hybridized carbons (Fsp3) is 0.625. The zero-order valence-corrected chi connectivity index (χ0v) is 12.3. The summed E-state index contributed by atoms with van der Waals surface area (Å²) >= 11 is 0. The Kier molecular flexibility index (Phi) is 2.97. The van der Waals surface area contributed by atoms with Gasteiger partial charge in [-0.1, -0.05) is 12.1 Å². The SMILES string of the molecule is Cc1cccc2c1N(C1CC1)CCN2CC(C)(C)N. The summed E-state index contributed by atoms with van der Waals surface area (Å²) in [6, 6.07) is 7.43. The van der Waals surface area contributed by atoms with E-state index in [2.05, 4.69) is 48.8 Å². The molecule has 19 heavy (non-hydrogen) atoms. The summed E-state index contributed by atoms with van der Waals surface area (Å²) in [7, 11) is 0. The monoisotopic (exact) mass is 259 g/mol. The minimum Gasteiger partial charge on any atom is -0.366 e. The predicted octanol–water partition coefficient (Wildman–Crippen LogP) is 2.52. The molecule has 1 aromatic rings. The summed E-state index contributed by atoms with van der Waals surface area (Å²) < 4.78 is 0. The molecule has 1 aliphatic carbocycles. The Labute approximate surface area is 116 Å². The highest BCUT2D eigenvalue weighted by molar-refractivity contribution is 5.77. The molecule has 0 unspecified atom stereocenters. The lowest BCUT2D eigenvalue weighted by atomic mass is 10.0. The van der Waals surface area contributed by atoms with Crippen molar-refractivity contribution < 1.29 is 0 Å². The first-order valence-corrected chi connectivity index (χ1v) is 7.36. The summed E-state index contributed by atoms with van der Waals surface area (Å²) in [5.74, 6) is 0. The van der Waals surface area contributed by atoms with Crippen molar-refractivity contribution >= 4 is 11.4 Å². The van der Waals surface area contributed by atoms with E-state index >= 15 is 0 Å². The highest BCUT2D eigenvalue weighted by atomic mass is 15.3. The van der Waals surface area contributed by atoms with Crippen LogP contribution >= 0.6 is 0 Å². The summed E-state index contributed by atoms with van der Waals surface area (Å²) in [6.07, 6.45) is 2.71. The van der Waals surface area contributed by atoms with Gasteiger partial charge in [0.1, 0.15) is 0 Å². The second kappa shape index (κ2) is 4.41. The number of rotatable bonds is 3. The van der Waals surface area contributed by atoms with Crippen molar-refractivity contribution in [1.82, 2.24) is 0 Å².